The van der Waals surface area contributed by atoms with Gasteiger partial charge in [0.2, 0.25) is 5.91 Å². The van der Waals surface area contributed by atoms with E-state index in [4.69, 9.17) is 23.2 Å². The molecule has 1 fully saturated rings. The second-order valence-electron chi connectivity index (χ2n) is 7.24. The molecule has 1 aromatic carbocycles. The van der Waals surface area contributed by atoms with Gasteiger partial charge in [0.05, 0.1) is 16.7 Å². The van der Waals surface area contributed by atoms with Gasteiger partial charge < -0.3 is 5.11 Å². The van der Waals surface area contributed by atoms with Gasteiger partial charge in [0.25, 0.3) is 0 Å². The van der Waals surface area contributed by atoms with Crippen molar-refractivity contribution in [2.45, 2.75) is 41.0 Å². The predicted octanol–water partition coefficient (Wildman–Crippen LogP) is 5.17. The largest absolute Gasteiger partial charge is 0.506 e. The third kappa shape index (κ3) is 4.18. The first kappa shape index (κ1) is 19.8. The lowest BCUT2D eigenvalue weighted by atomic mass is 10.1. The van der Waals surface area contributed by atoms with Crippen molar-refractivity contribution in [2.75, 3.05) is 0 Å². The van der Waals surface area contributed by atoms with Crippen LogP contribution in [0.5, 0.6) is 5.75 Å². The highest BCUT2D eigenvalue weighted by Crippen LogP contribution is 2.59. The van der Waals surface area contributed by atoms with E-state index in [1.807, 2.05) is 20.8 Å². The summed E-state index contributed by atoms with van der Waals surface area (Å²) in [6.45, 7) is 10.1. The number of rotatable bonds is 5. The number of aromatic hydroxyl groups is 1. The monoisotopic (exact) mass is 382 g/mol. The maximum Gasteiger partial charge on any atom is 0.244 e. The lowest BCUT2D eigenvalue weighted by Gasteiger charge is -2.09. The Morgan fingerprint density at radius 3 is 2.56 bits per heavy atom. The fourth-order valence-electron chi connectivity index (χ4n) is 3.16. The number of amides is 1. The van der Waals surface area contributed by atoms with Crippen LogP contribution < -0.4 is 5.43 Å². The number of phenolic OH excluding ortho intramolecular Hbond substituents is 1. The van der Waals surface area contributed by atoms with E-state index in [1.54, 1.807) is 6.07 Å². The number of allylic oxidation sites excluding steroid dienone is 2. The molecular weight excluding hydrogens is 359 g/mol. The van der Waals surface area contributed by atoms with E-state index in [2.05, 4.69) is 30.5 Å². The molecule has 2 unspecified atom stereocenters. The van der Waals surface area contributed by atoms with E-state index in [1.165, 1.54) is 11.6 Å². The average Bonchev–Trinajstić information content (AvgIpc) is 3.04. The zero-order valence-electron chi connectivity index (χ0n) is 15.2. The lowest BCUT2D eigenvalue weighted by molar-refractivity contribution is -0.123. The first-order valence-corrected chi connectivity index (χ1v) is 9.05. The Morgan fingerprint density at radius 2 is 2.00 bits per heavy atom. The summed E-state index contributed by atoms with van der Waals surface area (Å²) < 4.78 is 0. The molecule has 1 aromatic rings. The molecule has 2 rings (SSSR count). The van der Waals surface area contributed by atoms with Crippen molar-refractivity contribution < 1.29 is 9.90 Å². The van der Waals surface area contributed by atoms with Gasteiger partial charge in [0, 0.05) is 10.6 Å². The molecule has 0 aliphatic heterocycles. The molecule has 136 valence electrons. The Hall–Kier alpha value is -1.52. The van der Waals surface area contributed by atoms with Crippen LogP contribution in [-0.4, -0.2) is 16.7 Å². The summed E-state index contributed by atoms with van der Waals surface area (Å²) in [5.74, 6) is -0.103. The molecule has 25 heavy (non-hydrogen) atoms. The Labute approximate surface area is 158 Å². The molecule has 1 saturated carbocycles. The van der Waals surface area contributed by atoms with Crippen molar-refractivity contribution in [1.82, 2.24) is 5.43 Å². The van der Waals surface area contributed by atoms with Crippen LogP contribution in [0.25, 0.3) is 0 Å². The topological polar surface area (TPSA) is 61.7 Å². The first-order chi connectivity index (χ1) is 11.6. The number of hydrogen-bond acceptors (Lipinski definition) is 3. The molecule has 0 heterocycles. The summed E-state index contributed by atoms with van der Waals surface area (Å²) in [5, 5.41) is 14.9. The fraction of sp³-hybridized carbons (Fsp3) is 0.474. The second kappa shape index (κ2) is 7.38. The first-order valence-electron chi connectivity index (χ1n) is 8.29. The van der Waals surface area contributed by atoms with Gasteiger partial charge in [-0.2, -0.15) is 5.10 Å². The molecular formula is C19H24Cl2N2O2. The highest BCUT2D eigenvalue weighted by Gasteiger charge is 2.60. The highest BCUT2D eigenvalue weighted by molar-refractivity contribution is 6.36. The molecule has 0 bridgehead atoms. The van der Waals surface area contributed by atoms with Gasteiger partial charge in [0.1, 0.15) is 5.75 Å². The zero-order valence-corrected chi connectivity index (χ0v) is 16.7. The van der Waals surface area contributed by atoms with E-state index >= 15 is 0 Å². The van der Waals surface area contributed by atoms with Crippen molar-refractivity contribution in [1.29, 1.82) is 0 Å². The molecule has 0 radical (unpaired) electrons. The van der Waals surface area contributed by atoms with Gasteiger partial charge in [-0.05, 0) is 43.7 Å². The smallest absolute Gasteiger partial charge is 0.244 e. The number of phenols is 1. The van der Waals surface area contributed by atoms with Gasteiger partial charge in [-0.3, -0.25) is 4.79 Å². The van der Waals surface area contributed by atoms with Crippen LogP contribution in [0.3, 0.4) is 0 Å². The van der Waals surface area contributed by atoms with Crippen molar-refractivity contribution >= 4 is 34.8 Å². The SMILES string of the molecule is CC/C(=N\NC(=O)C1C(C=C(C)C)C1(C)C)c1cc(Cl)cc(Cl)c1O. The number of benzene rings is 1. The number of nitrogens with one attached hydrogen (secondary N) is 1. The summed E-state index contributed by atoms with van der Waals surface area (Å²) >= 11 is 12.0. The molecule has 1 aliphatic rings. The lowest BCUT2D eigenvalue weighted by Crippen LogP contribution is -2.23. The van der Waals surface area contributed by atoms with E-state index in [0.29, 0.717) is 22.7 Å². The summed E-state index contributed by atoms with van der Waals surface area (Å²) in [5.41, 5.74) is 4.71. The minimum absolute atomic E-state index is 0.0786. The fourth-order valence-corrected chi connectivity index (χ4v) is 3.65. The molecule has 0 spiro atoms. The highest BCUT2D eigenvalue weighted by atomic mass is 35.5. The Bertz CT molecular complexity index is 750. The molecule has 4 nitrogen and oxygen atoms in total. The molecule has 6 heteroatoms. The Kier molecular flexibility index (Phi) is 5.85. The third-order valence-corrected chi connectivity index (χ3v) is 5.19. The summed E-state index contributed by atoms with van der Waals surface area (Å²) in [6.07, 6.45) is 2.65. The number of nitrogens with zero attached hydrogens (tertiary/aromatic N) is 1. The van der Waals surface area contributed by atoms with Crippen LogP contribution in [0.2, 0.25) is 10.0 Å². The standard InChI is InChI=1S/C19H24Cl2N2O2/c1-6-15(12-8-11(20)9-14(21)17(12)24)22-23-18(25)16-13(7-10(2)3)19(16,4)5/h7-9,13,16,24H,6H2,1-5H3,(H,23,25)/b22-15+. The normalized spacial score (nSPS) is 21.6. The quantitative estimate of drug-likeness (QED) is 0.419. The van der Waals surface area contributed by atoms with E-state index in [0.717, 1.165) is 0 Å². The van der Waals surface area contributed by atoms with Crippen LogP contribution in [0.15, 0.2) is 28.9 Å². The van der Waals surface area contributed by atoms with Crippen molar-refractivity contribution in [3.63, 3.8) is 0 Å². The maximum atomic E-state index is 12.5. The Morgan fingerprint density at radius 1 is 1.36 bits per heavy atom. The van der Waals surface area contributed by atoms with Crippen LogP contribution in [0.1, 0.15) is 46.6 Å². The molecule has 1 amide bonds. The number of hydrazone groups is 1. The summed E-state index contributed by atoms with van der Waals surface area (Å²) in [6, 6.07) is 3.05. The van der Waals surface area contributed by atoms with E-state index in [9.17, 15) is 9.90 Å². The average molecular weight is 383 g/mol. The third-order valence-electron chi connectivity index (χ3n) is 4.68. The zero-order chi connectivity index (χ0) is 18.9. The van der Waals surface area contributed by atoms with Crippen LogP contribution >= 0.6 is 23.2 Å². The number of hydrogen-bond donors (Lipinski definition) is 2. The minimum Gasteiger partial charge on any atom is -0.506 e. The van der Waals surface area contributed by atoms with Gasteiger partial charge in [0.15, 0.2) is 0 Å². The minimum atomic E-state index is -0.119. The molecule has 0 aromatic heterocycles. The van der Waals surface area contributed by atoms with Crippen LogP contribution in [-0.2, 0) is 4.79 Å². The maximum absolute atomic E-state index is 12.5. The second-order valence-corrected chi connectivity index (χ2v) is 8.08. The Balaban J connectivity index is 2.20. The molecule has 0 saturated heterocycles. The molecule has 2 N–H and O–H groups in total. The predicted molar refractivity (Wildman–Crippen MR) is 103 cm³/mol. The summed E-state index contributed by atoms with van der Waals surface area (Å²) in [7, 11) is 0. The molecule has 1 aliphatic carbocycles. The van der Waals surface area contributed by atoms with Crippen LogP contribution in [0.4, 0.5) is 0 Å². The number of carbonyl (C=O) groups excluding carboxylic acids is 1. The van der Waals surface area contributed by atoms with Gasteiger partial charge in [-0.1, -0.05) is 55.6 Å². The van der Waals surface area contributed by atoms with Crippen molar-refractivity contribution in [2.24, 2.45) is 22.4 Å². The van der Waals surface area contributed by atoms with Crippen molar-refractivity contribution in [3.8, 4) is 5.75 Å². The summed E-state index contributed by atoms with van der Waals surface area (Å²) in [4.78, 5) is 12.5. The van der Waals surface area contributed by atoms with E-state index < -0.39 is 0 Å². The molecule has 2 atom stereocenters. The van der Waals surface area contributed by atoms with Crippen LogP contribution in [0, 0.1) is 17.3 Å². The van der Waals surface area contributed by atoms with Crippen molar-refractivity contribution in [3.05, 3.63) is 39.4 Å². The van der Waals surface area contributed by atoms with Gasteiger partial charge >= 0.3 is 0 Å². The number of halogens is 2. The van der Waals surface area contributed by atoms with E-state index in [-0.39, 0.29) is 33.9 Å². The number of carbonyl (C=O) groups is 1. The van der Waals surface area contributed by atoms with Gasteiger partial charge in [-0.15, -0.1) is 0 Å². The van der Waals surface area contributed by atoms with Gasteiger partial charge in [-0.25, -0.2) is 5.43 Å².